The van der Waals surface area contributed by atoms with Gasteiger partial charge in [0.2, 0.25) is 0 Å². The van der Waals surface area contributed by atoms with Crippen molar-refractivity contribution >= 4 is 8.60 Å². The average molecular weight is 471 g/mol. The van der Waals surface area contributed by atoms with E-state index >= 15 is 0 Å². The van der Waals surface area contributed by atoms with Crippen LogP contribution >= 0.6 is 8.60 Å². The molecule has 188 valence electrons. The molecule has 0 fully saturated rings. The van der Waals surface area contributed by atoms with Crippen molar-refractivity contribution in [1.29, 1.82) is 0 Å². The molecule has 0 amide bonds. The summed E-state index contributed by atoms with van der Waals surface area (Å²) >= 11 is 0. The Hall–Kier alpha value is -0.670. The van der Waals surface area contributed by atoms with Crippen molar-refractivity contribution in [1.82, 2.24) is 0 Å². The Bertz CT molecular complexity index is 496. The average Bonchev–Trinajstić information content (AvgIpc) is 2.78. The Morgan fingerprint density at radius 2 is 1.06 bits per heavy atom. The van der Waals surface area contributed by atoms with E-state index in [0.29, 0.717) is 12.4 Å². The van der Waals surface area contributed by atoms with E-state index in [1.54, 1.807) is 6.07 Å². The van der Waals surface area contributed by atoms with Gasteiger partial charge in [0, 0.05) is 0 Å². The molecule has 5 heteroatoms. The third-order valence-electron chi connectivity index (χ3n) is 5.75. The Kier molecular flexibility index (Phi) is 24.4. The Labute approximate surface area is 199 Å². The molecule has 1 rings (SSSR count). The molecule has 0 spiro atoms. The van der Waals surface area contributed by atoms with Gasteiger partial charge in [0.25, 0.3) is 0 Å². The zero-order valence-corrected chi connectivity index (χ0v) is 21.8. The maximum atomic E-state index is 9.58. The van der Waals surface area contributed by atoms with E-state index in [0.717, 1.165) is 24.8 Å². The highest BCUT2D eigenvalue weighted by Gasteiger charge is 1.99. The lowest BCUT2D eigenvalue weighted by atomic mass is 10.0. The summed E-state index contributed by atoms with van der Waals surface area (Å²) in [5.41, 5.74) is 1.09. The third kappa shape index (κ3) is 22.5. The molecule has 0 aromatic heterocycles. The van der Waals surface area contributed by atoms with Crippen LogP contribution in [0.2, 0.25) is 0 Å². The molecule has 3 N–H and O–H groups in total. The number of phenols is 1. The molecule has 0 bridgehead atoms. The van der Waals surface area contributed by atoms with E-state index in [1.165, 1.54) is 96.3 Å². The SMILES string of the molecule is CCCCCCCCCCCCOP(O)O.CCCCCCCCCc1ccccc1O. The maximum Gasteiger partial charge on any atom is 0.327 e. The molecule has 0 aliphatic carbocycles. The Balaban J connectivity index is 0.000000601. The molecular weight excluding hydrogens is 419 g/mol. The van der Waals surface area contributed by atoms with Crippen LogP contribution in [0.4, 0.5) is 0 Å². The summed E-state index contributed by atoms with van der Waals surface area (Å²) in [5, 5.41) is 9.58. The quantitative estimate of drug-likeness (QED) is 0.131. The minimum Gasteiger partial charge on any atom is -0.508 e. The first-order chi connectivity index (χ1) is 15.6. The zero-order chi connectivity index (χ0) is 23.7. The molecule has 0 aliphatic rings. The Morgan fingerprint density at radius 1 is 0.625 bits per heavy atom. The van der Waals surface area contributed by atoms with E-state index < -0.39 is 8.60 Å². The second-order valence-electron chi connectivity index (χ2n) is 8.77. The molecule has 0 saturated carbocycles. The monoisotopic (exact) mass is 470 g/mol. The lowest BCUT2D eigenvalue weighted by Crippen LogP contribution is -1.89. The van der Waals surface area contributed by atoms with Gasteiger partial charge in [0.1, 0.15) is 5.75 Å². The van der Waals surface area contributed by atoms with Crippen molar-refractivity contribution in [3.63, 3.8) is 0 Å². The number of phenolic OH excluding ortho intramolecular Hbond substituents is 1. The molecule has 1 aromatic rings. The molecule has 0 unspecified atom stereocenters. The number of rotatable bonds is 20. The highest BCUT2D eigenvalue weighted by molar-refractivity contribution is 7.39. The van der Waals surface area contributed by atoms with Gasteiger partial charge in [-0.05, 0) is 30.9 Å². The van der Waals surface area contributed by atoms with Gasteiger partial charge >= 0.3 is 8.60 Å². The number of hydrogen-bond acceptors (Lipinski definition) is 4. The number of unbranched alkanes of at least 4 members (excludes halogenated alkanes) is 15. The minimum atomic E-state index is -2.14. The van der Waals surface area contributed by atoms with Crippen LogP contribution in [0.3, 0.4) is 0 Å². The van der Waals surface area contributed by atoms with Gasteiger partial charge in [0.15, 0.2) is 0 Å². The predicted molar refractivity (Wildman–Crippen MR) is 139 cm³/mol. The van der Waals surface area contributed by atoms with Gasteiger partial charge in [-0.1, -0.05) is 128 Å². The molecule has 0 saturated heterocycles. The molecule has 0 heterocycles. The molecule has 0 atom stereocenters. The molecule has 4 nitrogen and oxygen atoms in total. The van der Waals surface area contributed by atoms with Crippen molar-refractivity contribution in [3.8, 4) is 5.75 Å². The third-order valence-corrected chi connectivity index (χ3v) is 6.16. The fourth-order valence-corrected chi connectivity index (χ4v) is 4.02. The van der Waals surface area contributed by atoms with Gasteiger partial charge in [0.05, 0.1) is 6.61 Å². The lowest BCUT2D eigenvalue weighted by Gasteiger charge is -2.04. The van der Waals surface area contributed by atoms with Crippen LogP contribution < -0.4 is 0 Å². The van der Waals surface area contributed by atoms with E-state index in [1.807, 2.05) is 18.2 Å². The highest BCUT2D eigenvalue weighted by Crippen LogP contribution is 2.24. The van der Waals surface area contributed by atoms with Crippen LogP contribution in [-0.2, 0) is 10.9 Å². The topological polar surface area (TPSA) is 69.9 Å². The molecule has 0 radical (unpaired) electrons. The first-order valence-corrected chi connectivity index (χ1v) is 14.4. The van der Waals surface area contributed by atoms with Gasteiger partial charge in [-0.2, -0.15) is 0 Å². The van der Waals surface area contributed by atoms with Crippen LogP contribution in [0, 0.1) is 0 Å². The van der Waals surface area contributed by atoms with E-state index in [4.69, 9.17) is 9.79 Å². The van der Waals surface area contributed by atoms with Gasteiger partial charge < -0.3 is 19.4 Å². The maximum absolute atomic E-state index is 9.58. The summed E-state index contributed by atoms with van der Waals surface area (Å²) in [7, 11) is -2.14. The molecule has 32 heavy (non-hydrogen) atoms. The smallest absolute Gasteiger partial charge is 0.327 e. The largest absolute Gasteiger partial charge is 0.508 e. The number of benzene rings is 1. The summed E-state index contributed by atoms with van der Waals surface area (Å²) in [6, 6.07) is 7.67. The standard InChI is InChI=1S/C15H24O.C12H27O3P/c1-2-3-4-5-6-7-8-11-14-12-9-10-13-15(14)16;1-2-3-4-5-6-7-8-9-10-11-12-15-16(13)14/h9-10,12-13,16H,2-8,11H2,1H3;13-14H,2-12H2,1H3. The second kappa shape index (κ2) is 25.0. The molecular formula is C27H51O4P. The Morgan fingerprint density at radius 3 is 1.53 bits per heavy atom. The first-order valence-electron chi connectivity index (χ1n) is 13.2. The summed E-state index contributed by atoms with van der Waals surface area (Å²) in [5.74, 6) is 0.452. The normalized spacial score (nSPS) is 10.9. The summed E-state index contributed by atoms with van der Waals surface area (Å²) in [4.78, 5) is 17.0. The van der Waals surface area contributed by atoms with E-state index in [2.05, 4.69) is 18.4 Å². The minimum absolute atomic E-state index is 0.452. The van der Waals surface area contributed by atoms with Gasteiger partial charge in [-0.15, -0.1) is 0 Å². The van der Waals surface area contributed by atoms with Crippen molar-refractivity contribution in [2.45, 2.75) is 129 Å². The van der Waals surface area contributed by atoms with Crippen LogP contribution in [0.25, 0.3) is 0 Å². The van der Waals surface area contributed by atoms with Crippen LogP contribution in [-0.4, -0.2) is 21.5 Å². The van der Waals surface area contributed by atoms with Crippen molar-refractivity contribution < 1.29 is 19.4 Å². The van der Waals surface area contributed by atoms with Gasteiger partial charge in [-0.25, -0.2) is 0 Å². The predicted octanol–water partition coefficient (Wildman–Crippen LogP) is 8.82. The van der Waals surface area contributed by atoms with Crippen molar-refractivity contribution in [3.05, 3.63) is 29.8 Å². The van der Waals surface area contributed by atoms with E-state index in [9.17, 15) is 5.11 Å². The van der Waals surface area contributed by atoms with Crippen molar-refractivity contribution in [2.75, 3.05) is 6.61 Å². The van der Waals surface area contributed by atoms with E-state index in [-0.39, 0.29) is 0 Å². The number of aromatic hydroxyl groups is 1. The number of hydrogen-bond donors (Lipinski definition) is 3. The second-order valence-corrected chi connectivity index (χ2v) is 9.53. The summed E-state index contributed by atoms with van der Waals surface area (Å²) < 4.78 is 4.69. The van der Waals surface area contributed by atoms with Crippen molar-refractivity contribution in [2.24, 2.45) is 0 Å². The molecule has 0 aliphatic heterocycles. The highest BCUT2D eigenvalue weighted by atomic mass is 31.2. The fraction of sp³-hybridized carbons (Fsp3) is 0.778. The van der Waals surface area contributed by atoms with Crippen LogP contribution in [0.15, 0.2) is 24.3 Å². The number of aryl methyl sites for hydroxylation is 1. The van der Waals surface area contributed by atoms with Gasteiger partial charge in [-0.3, -0.25) is 0 Å². The van der Waals surface area contributed by atoms with Crippen LogP contribution in [0.1, 0.15) is 129 Å². The van der Waals surface area contributed by atoms with Crippen LogP contribution in [0.5, 0.6) is 5.75 Å². The zero-order valence-electron chi connectivity index (χ0n) is 20.9. The fourth-order valence-electron chi connectivity index (χ4n) is 3.73. The summed E-state index contributed by atoms with van der Waals surface area (Å²) in [6.07, 6.45) is 23.1. The molecule has 1 aromatic carbocycles. The lowest BCUT2D eigenvalue weighted by molar-refractivity contribution is 0.248. The number of para-hydroxylation sites is 1. The first kappa shape index (κ1) is 31.3. The summed E-state index contributed by atoms with van der Waals surface area (Å²) in [6.45, 7) is 4.97.